The van der Waals surface area contributed by atoms with Crippen molar-refractivity contribution in [1.29, 1.82) is 0 Å². The van der Waals surface area contributed by atoms with E-state index in [-0.39, 0.29) is 12.1 Å². The number of hydrogen-bond acceptors (Lipinski definition) is 3. The van der Waals surface area contributed by atoms with Gasteiger partial charge in [0, 0.05) is 33.4 Å². The second kappa shape index (κ2) is 6.02. The summed E-state index contributed by atoms with van der Waals surface area (Å²) in [5, 5.41) is 10.3. The third-order valence-electron chi connectivity index (χ3n) is 4.11. The summed E-state index contributed by atoms with van der Waals surface area (Å²) in [7, 11) is 5.24. The lowest BCUT2D eigenvalue weighted by Crippen LogP contribution is -2.42. The Bertz CT molecular complexity index is 525. The molecule has 0 bridgehead atoms. The number of aliphatic hydroxyl groups is 1. The third kappa shape index (κ3) is 3.53. The molecule has 1 aliphatic rings. The quantitative estimate of drug-likeness (QED) is 0.926. The zero-order valence-electron chi connectivity index (χ0n) is 12.9. The van der Waals surface area contributed by atoms with E-state index in [1.807, 2.05) is 14.1 Å². The molecule has 1 aliphatic carbocycles. The van der Waals surface area contributed by atoms with Gasteiger partial charge in [0.15, 0.2) is 0 Å². The normalized spacial score (nSPS) is 16.8. The number of halogens is 1. The van der Waals surface area contributed by atoms with Gasteiger partial charge in [-0.1, -0.05) is 12.8 Å². The monoisotopic (exact) mass is 294 g/mol. The van der Waals surface area contributed by atoms with E-state index in [9.17, 15) is 14.3 Å². The van der Waals surface area contributed by atoms with Crippen LogP contribution >= 0.6 is 0 Å². The second-order valence-corrected chi connectivity index (χ2v) is 6.15. The van der Waals surface area contributed by atoms with E-state index in [2.05, 4.69) is 0 Å². The summed E-state index contributed by atoms with van der Waals surface area (Å²) in [6, 6.07) is 4.57. The molecule has 0 heterocycles. The molecule has 1 saturated carbocycles. The molecule has 0 spiro atoms. The average Bonchev–Trinajstić information content (AvgIpc) is 2.84. The van der Waals surface area contributed by atoms with Crippen LogP contribution in [-0.4, -0.2) is 49.2 Å². The summed E-state index contributed by atoms with van der Waals surface area (Å²) >= 11 is 0. The molecule has 0 unspecified atom stereocenters. The highest BCUT2D eigenvalue weighted by molar-refractivity contribution is 5.94. The van der Waals surface area contributed by atoms with Crippen LogP contribution in [0, 0.1) is 5.82 Å². The first kappa shape index (κ1) is 15.8. The Hall–Kier alpha value is -1.62. The fourth-order valence-corrected chi connectivity index (χ4v) is 2.87. The van der Waals surface area contributed by atoms with Crippen LogP contribution in [0.4, 0.5) is 10.1 Å². The van der Waals surface area contributed by atoms with Gasteiger partial charge >= 0.3 is 0 Å². The predicted molar refractivity (Wildman–Crippen MR) is 81.1 cm³/mol. The standard InChI is InChI=1S/C16H23FN2O2/c1-18(2)12-6-7-13(14(17)10-12)15(20)19(3)11-16(21)8-4-5-9-16/h6-7,10,21H,4-5,8-9,11H2,1-3H3. The van der Waals surface area contributed by atoms with Gasteiger partial charge in [-0.05, 0) is 31.0 Å². The lowest BCUT2D eigenvalue weighted by molar-refractivity contribution is 0.0155. The molecule has 5 heteroatoms. The van der Waals surface area contributed by atoms with E-state index in [4.69, 9.17) is 0 Å². The average molecular weight is 294 g/mol. The van der Waals surface area contributed by atoms with Crippen LogP contribution in [0.3, 0.4) is 0 Å². The Morgan fingerprint density at radius 3 is 2.43 bits per heavy atom. The van der Waals surface area contributed by atoms with Crippen molar-refractivity contribution in [1.82, 2.24) is 4.90 Å². The van der Waals surface area contributed by atoms with E-state index < -0.39 is 17.3 Å². The van der Waals surface area contributed by atoms with Crippen molar-refractivity contribution in [2.45, 2.75) is 31.3 Å². The molecule has 0 saturated heterocycles. The van der Waals surface area contributed by atoms with Crippen molar-refractivity contribution in [3.8, 4) is 0 Å². The van der Waals surface area contributed by atoms with E-state index >= 15 is 0 Å². The van der Waals surface area contributed by atoms with Gasteiger partial charge in [0.2, 0.25) is 0 Å². The summed E-state index contributed by atoms with van der Waals surface area (Å²) in [6.07, 6.45) is 3.36. The number of nitrogens with zero attached hydrogens (tertiary/aromatic N) is 2. The first-order chi connectivity index (χ1) is 9.82. The molecule has 0 radical (unpaired) electrons. The predicted octanol–water partition coefficient (Wildman–Crippen LogP) is 2.27. The molecule has 1 amide bonds. The molecule has 0 aliphatic heterocycles. The number of anilines is 1. The van der Waals surface area contributed by atoms with Gasteiger partial charge < -0.3 is 14.9 Å². The Kier molecular flexibility index (Phi) is 4.52. The van der Waals surface area contributed by atoms with Crippen molar-refractivity contribution in [2.24, 2.45) is 0 Å². The van der Waals surface area contributed by atoms with Crippen molar-refractivity contribution in [3.63, 3.8) is 0 Å². The highest BCUT2D eigenvalue weighted by Gasteiger charge is 2.34. The molecule has 2 rings (SSSR count). The molecular formula is C16H23FN2O2. The molecular weight excluding hydrogens is 271 g/mol. The van der Waals surface area contributed by atoms with Crippen LogP contribution in [-0.2, 0) is 0 Å². The minimum absolute atomic E-state index is 0.0460. The molecule has 1 aromatic carbocycles. The number of amides is 1. The minimum Gasteiger partial charge on any atom is -0.388 e. The highest BCUT2D eigenvalue weighted by atomic mass is 19.1. The summed E-state index contributed by atoms with van der Waals surface area (Å²) in [6.45, 7) is 0.251. The Balaban J connectivity index is 2.12. The van der Waals surface area contributed by atoms with Gasteiger partial charge in [-0.2, -0.15) is 0 Å². The first-order valence-electron chi connectivity index (χ1n) is 7.27. The number of likely N-dealkylation sites (N-methyl/N-ethyl adjacent to an activating group) is 1. The Morgan fingerprint density at radius 2 is 1.90 bits per heavy atom. The van der Waals surface area contributed by atoms with Gasteiger partial charge in [0.05, 0.1) is 11.2 Å². The molecule has 4 nitrogen and oxygen atoms in total. The summed E-state index contributed by atoms with van der Waals surface area (Å²) < 4.78 is 14.1. The summed E-state index contributed by atoms with van der Waals surface area (Å²) in [5.41, 5.74) is -0.0596. The maximum absolute atomic E-state index is 14.1. The van der Waals surface area contributed by atoms with Crippen molar-refractivity contribution in [2.75, 3.05) is 32.6 Å². The van der Waals surface area contributed by atoms with Crippen LogP contribution < -0.4 is 4.90 Å². The molecule has 1 aromatic rings. The van der Waals surface area contributed by atoms with E-state index in [1.54, 1.807) is 18.0 Å². The second-order valence-electron chi connectivity index (χ2n) is 6.15. The molecule has 0 aromatic heterocycles. The number of hydrogen-bond donors (Lipinski definition) is 1. The van der Waals surface area contributed by atoms with Crippen molar-refractivity contribution < 1.29 is 14.3 Å². The third-order valence-corrected chi connectivity index (χ3v) is 4.11. The van der Waals surface area contributed by atoms with Crippen LogP contribution in [0.2, 0.25) is 0 Å². The summed E-state index contributed by atoms with van der Waals surface area (Å²) in [5.74, 6) is -0.922. The molecule has 116 valence electrons. The van der Waals surface area contributed by atoms with Crippen molar-refractivity contribution in [3.05, 3.63) is 29.6 Å². The largest absolute Gasteiger partial charge is 0.388 e. The van der Waals surface area contributed by atoms with E-state index in [0.29, 0.717) is 18.5 Å². The zero-order valence-corrected chi connectivity index (χ0v) is 12.9. The maximum Gasteiger partial charge on any atom is 0.256 e. The molecule has 21 heavy (non-hydrogen) atoms. The number of carbonyl (C=O) groups excluding carboxylic acids is 1. The lowest BCUT2D eigenvalue weighted by Gasteiger charge is -2.28. The van der Waals surface area contributed by atoms with Crippen molar-refractivity contribution >= 4 is 11.6 Å². The smallest absolute Gasteiger partial charge is 0.256 e. The minimum atomic E-state index is -0.815. The van der Waals surface area contributed by atoms with Gasteiger partial charge in [0.25, 0.3) is 5.91 Å². The van der Waals surface area contributed by atoms with Gasteiger partial charge in [-0.15, -0.1) is 0 Å². The fraction of sp³-hybridized carbons (Fsp3) is 0.562. The fourth-order valence-electron chi connectivity index (χ4n) is 2.87. The van der Waals surface area contributed by atoms with Gasteiger partial charge in [-0.3, -0.25) is 4.79 Å². The first-order valence-corrected chi connectivity index (χ1v) is 7.27. The molecule has 1 N–H and O–H groups in total. The van der Waals surface area contributed by atoms with E-state index in [1.165, 1.54) is 17.0 Å². The Morgan fingerprint density at radius 1 is 1.29 bits per heavy atom. The van der Waals surface area contributed by atoms with Crippen LogP contribution in [0.25, 0.3) is 0 Å². The zero-order chi connectivity index (χ0) is 15.6. The SMILES string of the molecule is CN(CC1(O)CCCC1)C(=O)c1ccc(N(C)C)cc1F. The van der Waals surface area contributed by atoms with E-state index in [0.717, 1.165) is 12.8 Å². The molecule has 0 atom stereocenters. The topological polar surface area (TPSA) is 43.8 Å². The van der Waals surface area contributed by atoms with Gasteiger partial charge in [0.1, 0.15) is 5.82 Å². The summed E-state index contributed by atoms with van der Waals surface area (Å²) in [4.78, 5) is 15.5. The number of carbonyl (C=O) groups is 1. The van der Waals surface area contributed by atoms with Crippen LogP contribution in [0.1, 0.15) is 36.0 Å². The Labute approximate surface area is 125 Å². The molecule has 1 fully saturated rings. The van der Waals surface area contributed by atoms with Crippen LogP contribution in [0.5, 0.6) is 0 Å². The number of benzene rings is 1. The van der Waals surface area contributed by atoms with Crippen LogP contribution in [0.15, 0.2) is 18.2 Å². The lowest BCUT2D eigenvalue weighted by atomic mass is 10.0. The van der Waals surface area contributed by atoms with Gasteiger partial charge in [-0.25, -0.2) is 4.39 Å². The maximum atomic E-state index is 14.1. The number of rotatable bonds is 4. The highest BCUT2D eigenvalue weighted by Crippen LogP contribution is 2.30.